The lowest BCUT2D eigenvalue weighted by Crippen LogP contribution is -2.22. The molecule has 3 rings (SSSR count). The summed E-state index contributed by atoms with van der Waals surface area (Å²) in [5, 5.41) is 13.7. The number of fused-ring (bicyclic) bond motifs is 1. The zero-order valence-corrected chi connectivity index (χ0v) is 12.0. The summed E-state index contributed by atoms with van der Waals surface area (Å²) in [4.78, 5) is 7.13. The zero-order chi connectivity index (χ0) is 14.1. The average molecular weight is 271 g/mol. The normalized spacial score (nSPS) is 21.1. The summed E-state index contributed by atoms with van der Waals surface area (Å²) in [6.45, 7) is 5.25. The van der Waals surface area contributed by atoms with Gasteiger partial charge in [0.1, 0.15) is 5.75 Å². The first kappa shape index (κ1) is 13.2. The SMILES string of the molecule is Cc1ccc(O)c2c1C(C)CC2NCCc1cnc[nH]1. The first-order valence-electron chi connectivity index (χ1n) is 7.20. The molecule has 0 amide bonds. The third-order valence-electron chi connectivity index (χ3n) is 4.25. The highest BCUT2D eigenvalue weighted by molar-refractivity contribution is 5.50. The fourth-order valence-electron chi connectivity index (χ4n) is 3.33. The summed E-state index contributed by atoms with van der Waals surface area (Å²) in [6.07, 6.45) is 5.54. The maximum atomic E-state index is 10.2. The van der Waals surface area contributed by atoms with E-state index in [0.717, 1.165) is 30.6 Å². The smallest absolute Gasteiger partial charge is 0.120 e. The highest BCUT2D eigenvalue weighted by atomic mass is 16.3. The summed E-state index contributed by atoms with van der Waals surface area (Å²) >= 11 is 0. The second-order valence-electron chi connectivity index (χ2n) is 5.70. The summed E-state index contributed by atoms with van der Waals surface area (Å²) in [6, 6.07) is 4.08. The number of hydrogen-bond donors (Lipinski definition) is 3. The molecule has 1 aliphatic rings. The molecule has 2 aromatic rings. The molecule has 0 spiro atoms. The number of nitrogens with one attached hydrogen (secondary N) is 2. The van der Waals surface area contributed by atoms with Gasteiger partial charge in [0.05, 0.1) is 6.33 Å². The van der Waals surface area contributed by atoms with Gasteiger partial charge >= 0.3 is 0 Å². The maximum absolute atomic E-state index is 10.2. The molecular formula is C16H21N3O. The van der Waals surface area contributed by atoms with Crippen LogP contribution in [0.2, 0.25) is 0 Å². The number of rotatable bonds is 4. The summed E-state index contributed by atoms with van der Waals surface area (Å²) in [7, 11) is 0. The Labute approximate surface area is 119 Å². The second-order valence-corrected chi connectivity index (χ2v) is 5.70. The molecule has 0 radical (unpaired) electrons. The van der Waals surface area contributed by atoms with E-state index >= 15 is 0 Å². The summed E-state index contributed by atoms with van der Waals surface area (Å²) in [5.41, 5.74) is 4.84. The van der Waals surface area contributed by atoms with Crippen molar-refractivity contribution in [3.05, 3.63) is 47.0 Å². The Balaban J connectivity index is 1.73. The highest BCUT2D eigenvalue weighted by Crippen LogP contribution is 2.45. The number of nitrogens with zero attached hydrogens (tertiary/aromatic N) is 1. The monoisotopic (exact) mass is 271 g/mol. The average Bonchev–Trinajstić information content (AvgIpc) is 3.03. The van der Waals surface area contributed by atoms with Gasteiger partial charge in [0, 0.05) is 36.5 Å². The van der Waals surface area contributed by atoms with Gasteiger partial charge in [0.25, 0.3) is 0 Å². The molecule has 20 heavy (non-hydrogen) atoms. The van der Waals surface area contributed by atoms with Crippen molar-refractivity contribution < 1.29 is 5.11 Å². The van der Waals surface area contributed by atoms with Crippen LogP contribution in [-0.4, -0.2) is 21.6 Å². The van der Waals surface area contributed by atoms with E-state index in [2.05, 4.69) is 29.1 Å². The molecule has 1 aromatic carbocycles. The van der Waals surface area contributed by atoms with E-state index in [-0.39, 0.29) is 6.04 Å². The molecule has 0 fully saturated rings. The minimum Gasteiger partial charge on any atom is -0.508 e. The van der Waals surface area contributed by atoms with Crippen molar-refractivity contribution >= 4 is 0 Å². The Morgan fingerprint density at radius 2 is 2.25 bits per heavy atom. The maximum Gasteiger partial charge on any atom is 0.120 e. The molecule has 1 heterocycles. The van der Waals surface area contributed by atoms with Crippen LogP contribution in [-0.2, 0) is 6.42 Å². The number of phenolic OH excluding ortho intramolecular Hbond substituents is 1. The van der Waals surface area contributed by atoms with E-state index in [0.29, 0.717) is 11.7 Å². The lowest BCUT2D eigenvalue weighted by atomic mass is 9.97. The van der Waals surface area contributed by atoms with Crippen LogP contribution in [0.25, 0.3) is 0 Å². The van der Waals surface area contributed by atoms with Crippen molar-refractivity contribution in [3.63, 3.8) is 0 Å². The van der Waals surface area contributed by atoms with Crippen LogP contribution < -0.4 is 5.32 Å². The molecule has 3 N–H and O–H groups in total. The van der Waals surface area contributed by atoms with Gasteiger partial charge in [-0.25, -0.2) is 4.98 Å². The van der Waals surface area contributed by atoms with Gasteiger partial charge in [-0.3, -0.25) is 0 Å². The molecule has 1 aromatic heterocycles. The number of benzene rings is 1. The number of imidazole rings is 1. The molecule has 0 bridgehead atoms. The Kier molecular flexibility index (Phi) is 3.49. The molecule has 4 nitrogen and oxygen atoms in total. The van der Waals surface area contributed by atoms with Crippen molar-refractivity contribution in [3.8, 4) is 5.75 Å². The number of aromatic amines is 1. The molecule has 0 aliphatic heterocycles. The lowest BCUT2D eigenvalue weighted by Gasteiger charge is -2.15. The van der Waals surface area contributed by atoms with Gasteiger partial charge in [-0.15, -0.1) is 0 Å². The van der Waals surface area contributed by atoms with Crippen LogP contribution in [0.3, 0.4) is 0 Å². The molecule has 2 unspecified atom stereocenters. The van der Waals surface area contributed by atoms with Crippen LogP contribution in [0.5, 0.6) is 5.75 Å². The largest absolute Gasteiger partial charge is 0.508 e. The lowest BCUT2D eigenvalue weighted by molar-refractivity contribution is 0.446. The fraction of sp³-hybridized carbons (Fsp3) is 0.438. The first-order chi connectivity index (χ1) is 9.66. The van der Waals surface area contributed by atoms with Crippen molar-refractivity contribution in [1.82, 2.24) is 15.3 Å². The zero-order valence-electron chi connectivity index (χ0n) is 12.0. The Hall–Kier alpha value is -1.81. The van der Waals surface area contributed by atoms with Gasteiger partial charge in [-0.05, 0) is 36.5 Å². The predicted molar refractivity (Wildman–Crippen MR) is 78.9 cm³/mol. The van der Waals surface area contributed by atoms with Crippen LogP contribution in [0.4, 0.5) is 0 Å². The van der Waals surface area contributed by atoms with Gasteiger partial charge in [-0.2, -0.15) is 0 Å². The van der Waals surface area contributed by atoms with Crippen molar-refractivity contribution in [1.29, 1.82) is 0 Å². The molecule has 4 heteroatoms. The Morgan fingerprint density at radius 1 is 1.40 bits per heavy atom. The van der Waals surface area contributed by atoms with Crippen LogP contribution in [0.15, 0.2) is 24.7 Å². The molecule has 106 valence electrons. The van der Waals surface area contributed by atoms with E-state index in [1.807, 2.05) is 18.3 Å². The standard InChI is InChI=1S/C16H21N3O/c1-10-3-4-14(20)16-13(7-11(2)15(10)16)18-6-5-12-8-17-9-19-12/h3-4,8-9,11,13,18,20H,5-7H2,1-2H3,(H,17,19). The number of phenols is 1. The van der Waals surface area contributed by atoms with Gasteiger partial charge in [-0.1, -0.05) is 13.0 Å². The van der Waals surface area contributed by atoms with Crippen molar-refractivity contribution in [2.45, 2.75) is 38.6 Å². The minimum absolute atomic E-state index is 0.253. The molecule has 2 atom stereocenters. The van der Waals surface area contributed by atoms with E-state index in [1.54, 1.807) is 6.33 Å². The third kappa shape index (κ3) is 2.31. The first-order valence-corrected chi connectivity index (χ1v) is 7.20. The summed E-state index contributed by atoms with van der Waals surface area (Å²) < 4.78 is 0. The topological polar surface area (TPSA) is 60.9 Å². The Morgan fingerprint density at radius 3 is 3.00 bits per heavy atom. The minimum atomic E-state index is 0.253. The van der Waals surface area contributed by atoms with Gasteiger partial charge in [0.2, 0.25) is 0 Å². The Bertz CT molecular complexity index is 592. The van der Waals surface area contributed by atoms with E-state index < -0.39 is 0 Å². The van der Waals surface area contributed by atoms with Crippen LogP contribution in [0.1, 0.15) is 47.7 Å². The predicted octanol–water partition coefficient (Wildman–Crippen LogP) is 2.80. The van der Waals surface area contributed by atoms with Crippen molar-refractivity contribution in [2.75, 3.05) is 6.54 Å². The number of hydrogen-bond acceptors (Lipinski definition) is 3. The fourth-order valence-corrected chi connectivity index (χ4v) is 3.33. The van der Waals surface area contributed by atoms with Gasteiger partial charge in [0.15, 0.2) is 0 Å². The number of aromatic hydroxyl groups is 1. The highest BCUT2D eigenvalue weighted by Gasteiger charge is 2.31. The number of aromatic nitrogens is 2. The van der Waals surface area contributed by atoms with E-state index in [1.165, 1.54) is 11.1 Å². The van der Waals surface area contributed by atoms with E-state index in [4.69, 9.17) is 0 Å². The summed E-state index contributed by atoms with van der Waals surface area (Å²) in [5.74, 6) is 0.927. The van der Waals surface area contributed by atoms with Crippen LogP contribution >= 0.6 is 0 Å². The van der Waals surface area contributed by atoms with Crippen LogP contribution in [0, 0.1) is 6.92 Å². The second kappa shape index (κ2) is 5.29. The third-order valence-corrected chi connectivity index (χ3v) is 4.25. The van der Waals surface area contributed by atoms with E-state index in [9.17, 15) is 5.11 Å². The van der Waals surface area contributed by atoms with Gasteiger partial charge < -0.3 is 15.4 Å². The quantitative estimate of drug-likeness (QED) is 0.801. The molecule has 1 aliphatic carbocycles. The number of aryl methyl sites for hydroxylation is 1. The molecule has 0 saturated heterocycles. The molecule has 0 saturated carbocycles. The molecular weight excluding hydrogens is 250 g/mol. The number of H-pyrrole nitrogens is 1. The van der Waals surface area contributed by atoms with Crippen molar-refractivity contribution in [2.24, 2.45) is 0 Å².